The zero-order valence-corrected chi connectivity index (χ0v) is 14.2. The van der Waals surface area contributed by atoms with Crippen molar-refractivity contribution in [2.45, 2.75) is 39.3 Å². The first kappa shape index (κ1) is 15.2. The van der Waals surface area contributed by atoms with Gasteiger partial charge in [-0.2, -0.15) is 0 Å². The Morgan fingerprint density at radius 3 is 2.83 bits per heavy atom. The Kier molecular flexibility index (Phi) is 3.98. The fourth-order valence-corrected chi connectivity index (χ4v) is 3.53. The monoisotopic (exact) mass is 322 g/mol. The SMILES string of the molecule is Cc1cc(C2CCCN2Cc2cccc(-c3ccc(C)o3)c2)on1. The van der Waals surface area contributed by atoms with E-state index in [9.17, 15) is 0 Å². The molecule has 24 heavy (non-hydrogen) atoms. The van der Waals surface area contributed by atoms with Crippen molar-refractivity contribution in [3.63, 3.8) is 0 Å². The van der Waals surface area contributed by atoms with Crippen molar-refractivity contribution in [1.29, 1.82) is 0 Å². The van der Waals surface area contributed by atoms with E-state index < -0.39 is 0 Å². The van der Waals surface area contributed by atoms with Crippen LogP contribution in [0.15, 0.2) is 51.4 Å². The van der Waals surface area contributed by atoms with Gasteiger partial charge in [0.05, 0.1) is 11.7 Å². The average Bonchev–Trinajstić information content (AvgIpc) is 3.29. The predicted octanol–water partition coefficient (Wildman–Crippen LogP) is 4.89. The van der Waals surface area contributed by atoms with Crippen molar-refractivity contribution in [3.05, 3.63) is 65.2 Å². The lowest BCUT2D eigenvalue weighted by Crippen LogP contribution is -2.22. The zero-order valence-electron chi connectivity index (χ0n) is 14.2. The van der Waals surface area contributed by atoms with E-state index in [0.29, 0.717) is 6.04 Å². The molecule has 1 aliphatic rings. The molecule has 1 fully saturated rings. The molecule has 1 unspecified atom stereocenters. The maximum atomic E-state index is 5.75. The number of nitrogens with zero attached hydrogens (tertiary/aromatic N) is 2. The van der Waals surface area contributed by atoms with Crippen molar-refractivity contribution >= 4 is 0 Å². The minimum atomic E-state index is 0.334. The van der Waals surface area contributed by atoms with Gasteiger partial charge in [0, 0.05) is 18.2 Å². The molecule has 0 radical (unpaired) electrons. The Morgan fingerprint density at radius 2 is 2.08 bits per heavy atom. The topological polar surface area (TPSA) is 42.4 Å². The summed E-state index contributed by atoms with van der Waals surface area (Å²) in [6, 6.07) is 15.0. The van der Waals surface area contributed by atoms with Crippen LogP contribution in [0.5, 0.6) is 0 Å². The van der Waals surface area contributed by atoms with Crippen LogP contribution >= 0.6 is 0 Å². The number of likely N-dealkylation sites (tertiary alicyclic amines) is 1. The van der Waals surface area contributed by atoms with Crippen LogP contribution in [0.3, 0.4) is 0 Å². The van der Waals surface area contributed by atoms with Gasteiger partial charge in [0.15, 0.2) is 5.76 Å². The number of benzene rings is 1. The number of rotatable bonds is 4. The largest absolute Gasteiger partial charge is 0.461 e. The molecule has 124 valence electrons. The molecule has 0 N–H and O–H groups in total. The minimum Gasteiger partial charge on any atom is -0.461 e. The maximum absolute atomic E-state index is 5.75. The molecule has 3 aromatic rings. The van der Waals surface area contributed by atoms with Crippen LogP contribution in [-0.2, 0) is 6.54 Å². The van der Waals surface area contributed by atoms with E-state index in [0.717, 1.165) is 48.0 Å². The van der Waals surface area contributed by atoms with Crippen molar-refractivity contribution in [3.8, 4) is 11.3 Å². The maximum Gasteiger partial charge on any atom is 0.154 e. The molecule has 4 rings (SSSR count). The summed E-state index contributed by atoms with van der Waals surface area (Å²) in [5, 5.41) is 4.04. The highest BCUT2D eigenvalue weighted by atomic mass is 16.5. The second-order valence-electron chi connectivity index (χ2n) is 6.61. The standard InChI is InChI=1S/C20H22N2O2/c1-14-11-20(24-21-14)18-7-4-10-22(18)13-16-5-3-6-17(12-16)19-9-8-15(2)23-19/h3,5-6,8-9,11-12,18H,4,7,10,13H2,1-2H3. The van der Waals surface area contributed by atoms with Gasteiger partial charge in [-0.25, -0.2) is 0 Å². The normalized spacial score (nSPS) is 18.3. The van der Waals surface area contributed by atoms with Gasteiger partial charge >= 0.3 is 0 Å². The lowest BCUT2D eigenvalue weighted by Gasteiger charge is -2.22. The molecule has 2 aromatic heterocycles. The van der Waals surface area contributed by atoms with Crippen LogP contribution in [0.1, 0.15) is 41.7 Å². The Bertz CT molecular complexity index is 834. The molecule has 1 saturated heterocycles. The molecule has 0 amide bonds. The Labute approximate surface area is 142 Å². The molecule has 4 nitrogen and oxygen atoms in total. The zero-order chi connectivity index (χ0) is 16.5. The summed E-state index contributed by atoms with van der Waals surface area (Å²) in [6.07, 6.45) is 2.33. The summed E-state index contributed by atoms with van der Waals surface area (Å²) in [6.45, 7) is 5.95. The van der Waals surface area contributed by atoms with Crippen LogP contribution in [0.2, 0.25) is 0 Å². The van der Waals surface area contributed by atoms with E-state index in [1.54, 1.807) is 0 Å². The van der Waals surface area contributed by atoms with E-state index >= 15 is 0 Å². The van der Waals surface area contributed by atoms with Crippen LogP contribution in [0, 0.1) is 13.8 Å². The molecule has 0 aliphatic carbocycles. The van der Waals surface area contributed by atoms with Gasteiger partial charge in [-0.1, -0.05) is 23.4 Å². The lowest BCUT2D eigenvalue weighted by atomic mass is 10.1. The van der Waals surface area contributed by atoms with Crippen LogP contribution in [0.4, 0.5) is 0 Å². The first-order valence-electron chi connectivity index (χ1n) is 8.52. The third kappa shape index (κ3) is 3.02. The molecular weight excluding hydrogens is 300 g/mol. The smallest absolute Gasteiger partial charge is 0.154 e. The summed E-state index contributed by atoms with van der Waals surface area (Å²) in [4.78, 5) is 2.48. The van der Waals surface area contributed by atoms with E-state index in [1.807, 2.05) is 26.0 Å². The molecular formula is C20H22N2O2. The molecule has 1 aliphatic heterocycles. The third-order valence-electron chi connectivity index (χ3n) is 4.68. The van der Waals surface area contributed by atoms with Gasteiger partial charge < -0.3 is 8.94 Å². The molecule has 4 heteroatoms. The van der Waals surface area contributed by atoms with Gasteiger partial charge in [-0.15, -0.1) is 0 Å². The van der Waals surface area contributed by atoms with Crippen LogP contribution in [0.25, 0.3) is 11.3 Å². The highest BCUT2D eigenvalue weighted by Crippen LogP contribution is 2.34. The fourth-order valence-electron chi connectivity index (χ4n) is 3.53. The average molecular weight is 322 g/mol. The molecule has 3 heterocycles. The Hall–Kier alpha value is -2.33. The number of aryl methyl sites for hydroxylation is 2. The summed E-state index contributed by atoms with van der Waals surface area (Å²) >= 11 is 0. The molecule has 0 saturated carbocycles. The fraction of sp³-hybridized carbons (Fsp3) is 0.350. The second kappa shape index (κ2) is 6.29. The van der Waals surface area contributed by atoms with Crippen molar-refractivity contribution < 1.29 is 8.94 Å². The molecule has 1 atom stereocenters. The van der Waals surface area contributed by atoms with Gasteiger partial charge in [0.1, 0.15) is 11.5 Å². The summed E-state index contributed by atoms with van der Waals surface area (Å²) in [7, 11) is 0. The number of furan rings is 1. The van der Waals surface area contributed by atoms with Crippen molar-refractivity contribution in [2.75, 3.05) is 6.54 Å². The van der Waals surface area contributed by atoms with E-state index in [2.05, 4.69) is 40.4 Å². The highest BCUT2D eigenvalue weighted by Gasteiger charge is 2.29. The third-order valence-corrected chi connectivity index (χ3v) is 4.68. The summed E-state index contributed by atoms with van der Waals surface area (Å²) in [5.41, 5.74) is 3.38. The van der Waals surface area contributed by atoms with Crippen LogP contribution < -0.4 is 0 Å². The lowest BCUT2D eigenvalue weighted by molar-refractivity contribution is 0.206. The first-order valence-corrected chi connectivity index (χ1v) is 8.52. The number of hydrogen-bond acceptors (Lipinski definition) is 4. The van der Waals surface area contributed by atoms with Crippen molar-refractivity contribution in [1.82, 2.24) is 10.1 Å². The van der Waals surface area contributed by atoms with Gasteiger partial charge in [0.2, 0.25) is 0 Å². The quantitative estimate of drug-likeness (QED) is 0.686. The van der Waals surface area contributed by atoms with E-state index in [1.165, 1.54) is 12.0 Å². The van der Waals surface area contributed by atoms with Crippen molar-refractivity contribution in [2.24, 2.45) is 0 Å². The summed E-state index contributed by atoms with van der Waals surface area (Å²) < 4.78 is 11.3. The summed E-state index contributed by atoms with van der Waals surface area (Å²) in [5.74, 6) is 2.86. The Morgan fingerprint density at radius 1 is 1.17 bits per heavy atom. The molecule has 1 aromatic carbocycles. The minimum absolute atomic E-state index is 0.334. The number of aromatic nitrogens is 1. The van der Waals surface area contributed by atoms with Gasteiger partial charge in [-0.05, 0) is 57.0 Å². The van der Waals surface area contributed by atoms with Crippen LogP contribution in [-0.4, -0.2) is 16.6 Å². The molecule has 0 bridgehead atoms. The first-order chi connectivity index (χ1) is 11.7. The second-order valence-corrected chi connectivity index (χ2v) is 6.61. The van der Waals surface area contributed by atoms with Gasteiger partial charge in [-0.3, -0.25) is 4.90 Å². The van der Waals surface area contributed by atoms with Gasteiger partial charge in [0.25, 0.3) is 0 Å². The highest BCUT2D eigenvalue weighted by molar-refractivity contribution is 5.58. The molecule has 0 spiro atoms. The Balaban J connectivity index is 1.54. The van der Waals surface area contributed by atoms with E-state index in [4.69, 9.17) is 8.94 Å². The number of hydrogen-bond donors (Lipinski definition) is 0. The van der Waals surface area contributed by atoms with E-state index in [-0.39, 0.29) is 0 Å². The predicted molar refractivity (Wildman–Crippen MR) is 92.5 cm³/mol.